The van der Waals surface area contributed by atoms with Crippen LogP contribution in [0.2, 0.25) is 0 Å². The fourth-order valence-corrected chi connectivity index (χ4v) is 1.74. The highest BCUT2D eigenvalue weighted by atomic mass is 16.5. The second kappa shape index (κ2) is 2.54. The van der Waals surface area contributed by atoms with Crippen LogP contribution in [0.3, 0.4) is 0 Å². The summed E-state index contributed by atoms with van der Waals surface area (Å²) in [4.78, 5) is 0. The van der Waals surface area contributed by atoms with Crippen LogP contribution >= 0.6 is 0 Å². The van der Waals surface area contributed by atoms with E-state index in [2.05, 4.69) is 34.1 Å². The summed E-state index contributed by atoms with van der Waals surface area (Å²) in [5.41, 5.74) is 5.26. The lowest BCUT2D eigenvalue weighted by molar-refractivity contribution is 0.397. The summed E-state index contributed by atoms with van der Waals surface area (Å²) >= 11 is 0. The van der Waals surface area contributed by atoms with E-state index in [4.69, 9.17) is 4.74 Å². The van der Waals surface area contributed by atoms with Gasteiger partial charge < -0.3 is 4.74 Å². The third-order valence-corrected chi connectivity index (χ3v) is 2.55. The molecule has 1 aromatic rings. The third-order valence-electron chi connectivity index (χ3n) is 2.55. The van der Waals surface area contributed by atoms with Crippen LogP contribution in [0.5, 0.6) is 5.75 Å². The molecule has 1 heterocycles. The normalized spacial score (nSPS) is 13.6. The number of fused-ring (bicyclic) bond motifs is 1. The molecule has 0 saturated heterocycles. The second-order valence-electron chi connectivity index (χ2n) is 3.39. The maximum Gasteiger partial charge on any atom is 0.207 e. The topological polar surface area (TPSA) is 9.23 Å². The molecule has 0 saturated carbocycles. The van der Waals surface area contributed by atoms with Gasteiger partial charge >= 0.3 is 0 Å². The fourth-order valence-electron chi connectivity index (χ4n) is 1.74. The van der Waals surface area contributed by atoms with Crippen LogP contribution in [0, 0.1) is 20.8 Å². The van der Waals surface area contributed by atoms with Crippen molar-refractivity contribution in [3.8, 4) is 5.75 Å². The molecule has 1 radical (unpaired) electrons. The lowest BCUT2D eigenvalue weighted by atomic mass is 9.70. The first-order valence-corrected chi connectivity index (χ1v) is 4.27. The first-order chi connectivity index (χ1) is 5.70. The van der Waals surface area contributed by atoms with Crippen molar-refractivity contribution in [3.05, 3.63) is 22.8 Å². The number of hydrogen-bond donors (Lipinski definition) is 0. The molecule has 0 bridgehead atoms. The molecule has 1 aliphatic heterocycles. The molecule has 0 aromatic heterocycles. The number of ether oxygens (including phenoxy) is 1. The Bertz CT molecular complexity index is 331. The summed E-state index contributed by atoms with van der Waals surface area (Å²) in [5.74, 6) is 1.08. The number of benzene rings is 1. The van der Waals surface area contributed by atoms with Crippen LogP contribution in [0.25, 0.3) is 0 Å². The Morgan fingerprint density at radius 1 is 1.25 bits per heavy atom. The molecule has 0 aliphatic carbocycles. The summed E-state index contributed by atoms with van der Waals surface area (Å²) < 4.78 is 5.51. The lowest BCUT2D eigenvalue weighted by Gasteiger charge is -2.09. The maximum absolute atomic E-state index is 5.51. The van der Waals surface area contributed by atoms with Gasteiger partial charge in [0.25, 0.3) is 0 Å². The Hall–Kier alpha value is -0.915. The number of hydrogen-bond acceptors (Lipinski definition) is 1. The van der Waals surface area contributed by atoms with Gasteiger partial charge in [0.1, 0.15) is 5.75 Å². The Labute approximate surface area is 74.0 Å². The summed E-state index contributed by atoms with van der Waals surface area (Å²) in [6.07, 6.45) is 0. The first-order valence-electron chi connectivity index (χ1n) is 4.27. The van der Waals surface area contributed by atoms with E-state index < -0.39 is 0 Å². The minimum Gasteiger partial charge on any atom is -0.503 e. The monoisotopic (exact) mass is 159 g/mol. The van der Waals surface area contributed by atoms with Gasteiger partial charge in [-0.15, -0.1) is 0 Å². The zero-order chi connectivity index (χ0) is 8.72. The van der Waals surface area contributed by atoms with Gasteiger partial charge in [-0.3, -0.25) is 0 Å². The molecular weight excluding hydrogens is 147 g/mol. The summed E-state index contributed by atoms with van der Waals surface area (Å²) in [7, 11) is 2.16. The van der Waals surface area contributed by atoms with E-state index in [1.165, 1.54) is 22.2 Å². The molecule has 1 aliphatic rings. The minimum atomic E-state index is 0.737. The summed E-state index contributed by atoms with van der Waals surface area (Å²) in [5, 5.41) is 0. The van der Waals surface area contributed by atoms with Crippen molar-refractivity contribution in [3.63, 3.8) is 0 Å². The number of rotatable bonds is 0. The molecule has 1 nitrogen and oxygen atoms in total. The van der Waals surface area contributed by atoms with Gasteiger partial charge in [0.2, 0.25) is 7.28 Å². The molecule has 0 spiro atoms. The zero-order valence-electron chi connectivity index (χ0n) is 7.77. The van der Waals surface area contributed by atoms with Crippen molar-refractivity contribution in [1.82, 2.24) is 0 Å². The van der Waals surface area contributed by atoms with Crippen molar-refractivity contribution in [1.29, 1.82) is 0 Å². The highest BCUT2D eigenvalue weighted by molar-refractivity contribution is 6.56. The van der Waals surface area contributed by atoms with Crippen molar-refractivity contribution < 1.29 is 4.74 Å². The molecule has 2 heteroatoms. The van der Waals surface area contributed by atoms with Crippen LogP contribution in [0.1, 0.15) is 16.7 Å². The van der Waals surface area contributed by atoms with Gasteiger partial charge in [0.15, 0.2) is 0 Å². The van der Waals surface area contributed by atoms with Crippen LogP contribution in [0.15, 0.2) is 6.07 Å². The van der Waals surface area contributed by atoms with Gasteiger partial charge in [-0.25, -0.2) is 0 Å². The van der Waals surface area contributed by atoms with Crippen LogP contribution in [-0.4, -0.2) is 13.8 Å². The van der Waals surface area contributed by atoms with Gasteiger partial charge in [-0.05, 0) is 37.4 Å². The SMILES string of the molecule is Cc1cc(C)c2c(c1C)[B]CO2. The summed E-state index contributed by atoms with van der Waals surface area (Å²) in [6.45, 7) is 7.14. The van der Waals surface area contributed by atoms with E-state index in [0.717, 1.165) is 12.3 Å². The van der Waals surface area contributed by atoms with Gasteiger partial charge in [-0.2, -0.15) is 0 Å². The molecular formula is C10H12BO. The van der Waals surface area contributed by atoms with Crippen molar-refractivity contribution >= 4 is 12.7 Å². The Balaban J connectivity index is 2.69. The molecule has 0 amide bonds. The highest BCUT2D eigenvalue weighted by Gasteiger charge is 2.18. The van der Waals surface area contributed by atoms with E-state index >= 15 is 0 Å². The fraction of sp³-hybridized carbons (Fsp3) is 0.400. The van der Waals surface area contributed by atoms with Crippen LogP contribution in [-0.2, 0) is 0 Å². The van der Waals surface area contributed by atoms with Gasteiger partial charge in [0, 0.05) is 0 Å². The maximum atomic E-state index is 5.51. The van der Waals surface area contributed by atoms with E-state index in [-0.39, 0.29) is 0 Å². The van der Waals surface area contributed by atoms with Crippen molar-refractivity contribution in [2.45, 2.75) is 20.8 Å². The Kier molecular flexibility index (Phi) is 1.64. The highest BCUT2D eigenvalue weighted by Crippen LogP contribution is 2.22. The van der Waals surface area contributed by atoms with E-state index in [0.29, 0.717) is 0 Å². The van der Waals surface area contributed by atoms with Crippen LogP contribution < -0.4 is 10.2 Å². The number of aryl methyl sites for hydroxylation is 2. The van der Waals surface area contributed by atoms with E-state index in [9.17, 15) is 0 Å². The molecule has 2 rings (SSSR count). The first kappa shape index (κ1) is 7.72. The lowest BCUT2D eigenvalue weighted by Crippen LogP contribution is -2.15. The molecule has 61 valence electrons. The smallest absolute Gasteiger partial charge is 0.207 e. The predicted octanol–water partition coefficient (Wildman–Crippen LogP) is 1.29. The third kappa shape index (κ3) is 0.944. The average molecular weight is 159 g/mol. The standard InChI is InChI=1S/C10H12BO/c1-6-4-7(2)10-9(8(6)3)11-5-12-10/h4H,5H2,1-3H3. The largest absolute Gasteiger partial charge is 0.503 e. The Morgan fingerprint density at radius 2 is 2.00 bits per heavy atom. The van der Waals surface area contributed by atoms with Crippen LogP contribution in [0.4, 0.5) is 0 Å². The molecule has 12 heavy (non-hydrogen) atoms. The Morgan fingerprint density at radius 3 is 2.75 bits per heavy atom. The predicted molar refractivity (Wildman–Crippen MR) is 51.5 cm³/mol. The minimum absolute atomic E-state index is 0.737. The molecule has 0 atom stereocenters. The summed E-state index contributed by atoms with van der Waals surface area (Å²) in [6, 6.07) is 2.19. The van der Waals surface area contributed by atoms with E-state index in [1.54, 1.807) is 0 Å². The van der Waals surface area contributed by atoms with E-state index in [1.807, 2.05) is 0 Å². The molecule has 0 unspecified atom stereocenters. The molecule has 0 N–H and O–H groups in total. The van der Waals surface area contributed by atoms with Crippen molar-refractivity contribution in [2.75, 3.05) is 6.51 Å². The van der Waals surface area contributed by atoms with Crippen molar-refractivity contribution in [2.24, 2.45) is 0 Å². The second-order valence-corrected chi connectivity index (χ2v) is 3.39. The quantitative estimate of drug-likeness (QED) is 0.518. The molecule has 1 aromatic carbocycles. The van der Waals surface area contributed by atoms with Gasteiger partial charge in [0.05, 0.1) is 6.51 Å². The average Bonchev–Trinajstić information content (AvgIpc) is 2.48. The zero-order valence-corrected chi connectivity index (χ0v) is 7.77. The van der Waals surface area contributed by atoms with Gasteiger partial charge in [-0.1, -0.05) is 11.6 Å². The molecule has 0 fully saturated rings.